The number of amides is 2. The summed E-state index contributed by atoms with van der Waals surface area (Å²) in [6.45, 7) is 2.22. The average molecular weight is 430 g/mol. The van der Waals surface area contributed by atoms with Gasteiger partial charge in [0.2, 0.25) is 5.91 Å². The highest BCUT2D eigenvalue weighted by Gasteiger charge is 2.16. The van der Waals surface area contributed by atoms with Crippen molar-refractivity contribution in [3.8, 4) is 11.8 Å². The molecule has 32 heavy (non-hydrogen) atoms. The number of hydrogen-bond donors (Lipinski definition) is 2. The Morgan fingerprint density at radius 1 is 1.16 bits per heavy atom. The summed E-state index contributed by atoms with van der Waals surface area (Å²) in [6, 6.07) is 20.0. The van der Waals surface area contributed by atoms with Gasteiger partial charge in [0.1, 0.15) is 24.2 Å². The molecule has 0 saturated carbocycles. The van der Waals surface area contributed by atoms with Gasteiger partial charge in [-0.15, -0.1) is 0 Å². The molecule has 3 aromatic rings. The van der Waals surface area contributed by atoms with Gasteiger partial charge in [-0.1, -0.05) is 24.3 Å². The first kappa shape index (κ1) is 21.0. The fourth-order valence-electron chi connectivity index (χ4n) is 3.36. The molecule has 162 valence electrons. The molecular formula is C24H22N4O4. The van der Waals surface area contributed by atoms with E-state index in [1.165, 1.54) is 0 Å². The lowest BCUT2D eigenvalue weighted by atomic mass is 10.2. The number of benzene rings is 2. The van der Waals surface area contributed by atoms with Gasteiger partial charge >= 0.3 is 0 Å². The van der Waals surface area contributed by atoms with Crippen LogP contribution in [-0.4, -0.2) is 31.4 Å². The van der Waals surface area contributed by atoms with E-state index in [1.54, 1.807) is 36.4 Å². The lowest BCUT2D eigenvalue weighted by Crippen LogP contribution is -2.47. The molecular weight excluding hydrogens is 408 g/mol. The molecule has 1 aromatic heterocycles. The van der Waals surface area contributed by atoms with Crippen LogP contribution in [0.5, 0.6) is 5.75 Å². The van der Waals surface area contributed by atoms with Crippen LogP contribution < -0.4 is 20.3 Å². The van der Waals surface area contributed by atoms with Crippen molar-refractivity contribution in [1.29, 1.82) is 5.26 Å². The summed E-state index contributed by atoms with van der Waals surface area (Å²) >= 11 is 0. The average Bonchev–Trinajstić information content (AvgIpc) is 3.31. The Morgan fingerprint density at radius 2 is 1.97 bits per heavy atom. The van der Waals surface area contributed by atoms with Gasteiger partial charge in [-0.2, -0.15) is 5.26 Å². The second kappa shape index (κ2) is 9.71. The molecule has 1 saturated heterocycles. The highest BCUT2D eigenvalue weighted by atomic mass is 16.5. The zero-order valence-corrected chi connectivity index (χ0v) is 17.3. The maximum Gasteiger partial charge on any atom is 0.287 e. The van der Waals surface area contributed by atoms with E-state index in [9.17, 15) is 9.59 Å². The molecule has 2 aromatic carbocycles. The van der Waals surface area contributed by atoms with Crippen molar-refractivity contribution >= 4 is 17.5 Å². The van der Waals surface area contributed by atoms with Crippen molar-refractivity contribution in [2.45, 2.75) is 13.2 Å². The Hall–Kier alpha value is -4.25. The zero-order chi connectivity index (χ0) is 22.3. The summed E-state index contributed by atoms with van der Waals surface area (Å²) in [6.07, 6.45) is 0. The van der Waals surface area contributed by atoms with Crippen molar-refractivity contribution in [1.82, 2.24) is 10.6 Å². The van der Waals surface area contributed by atoms with Crippen LogP contribution in [0.15, 0.2) is 65.1 Å². The van der Waals surface area contributed by atoms with Crippen LogP contribution in [0.25, 0.3) is 0 Å². The van der Waals surface area contributed by atoms with Crippen molar-refractivity contribution < 1.29 is 18.7 Å². The standard InChI is InChI=1S/C24H22N4O4/c25-13-18-3-1-2-4-21(18)31-16-20-9-10-22(32-20)24(30)27-14-17-5-7-19(8-6-17)28-12-11-26-23(29)15-28/h1-10H,11-12,14-16H2,(H,26,29)(H,27,30). The lowest BCUT2D eigenvalue weighted by Gasteiger charge is -2.28. The van der Waals surface area contributed by atoms with Crippen LogP contribution in [0.3, 0.4) is 0 Å². The van der Waals surface area contributed by atoms with E-state index < -0.39 is 0 Å². The number of hydrogen-bond acceptors (Lipinski definition) is 6. The fraction of sp³-hybridized carbons (Fsp3) is 0.208. The Labute approximate surface area is 185 Å². The van der Waals surface area contributed by atoms with Crippen LogP contribution in [0, 0.1) is 11.3 Å². The van der Waals surface area contributed by atoms with Crippen LogP contribution in [0.1, 0.15) is 27.4 Å². The molecule has 1 aliphatic rings. The van der Waals surface area contributed by atoms with Gasteiger partial charge in [0.05, 0.1) is 12.1 Å². The first-order valence-electron chi connectivity index (χ1n) is 10.2. The molecule has 1 aliphatic heterocycles. The number of rotatable bonds is 7. The van der Waals surface area contributed by atoms with Crippen LogP contribution in [0.2, 0.25) is 0 Å². The second-order valence-electron chi connectivity index (χ2n) is 7.28. The zero-order valence-electron chi connectivity index (χ0n) is 17.3. The molecule has 0 spiro atoms. The minimum atomic E-state index is -0.328. The smallest absolute Gasteiger partial charge is 0.287 e. The molecule has 4 rings (SSSR count). The molecule has 2 heterocycles. The fourth-order valence-corrected chi connectivity index (χ4v) is 3.36. The number of nitrogens with zero attached hydrogens (tertiary/aromatic N) is 2. The third kappa shape index (κ3) is 5.08. The number of carbonyl (C=O) groups is 2. The normalized spacial score (nSPS) is 13.2. The maximum atomic E-state index is 12.4. The van der Waals surface area contributed by atoms with Crippen molar-refractivity contribution in [2.24, 2.45) is 0 Å². The number of nitrogens with one attached hydrogen (secondary N) is 2. The Balaban J connectivity index is 1.29. The minimum Gasteiger partial charge on any atom is -0.484 e. The van der Waals surface area contributed by atoms with Crippen molar-refractivity contribution in [3.63, 3.8) is 0 Å². The summed E-state index contributed by atoms with van der Waals surface area (Å²) in [7, 11) is 0. The summed E-state index contributed by atoms with van der Waals surface area (Å²) < 4.78 is 11.2. The molecule has 0 unspecified atom stereocenters. The molecule has 0 bridgehead atoms. The summed E-state index contributed by atoms with van der Waals surface area (Å²) in [5.41, 5.74) is 2.35. The van der Waals surface area contributed by atoms with E-state index in [4.69, 9.17) is 14.4 Å². The van der Waals surface area contributed by atoms with Gasteiger partial charge in [-0.25, -0.2) is 0 Å². The summed E-state index contributed by atoms with van der Waals surface area (Å²) in [4.78, 5) is 26.0. The van der Waals surface area contributed by atoms with Crippen LogP contribution in [0.4, 0.5) is 5.69 Å². The van der Waals surface area contributed by atoms with Gasteiger partial charge in [0.25, 0.3) is 5.91 Å². The Bertz CT molecular complexity index is 1150. The minimum absolute atomic E-state index is 0.0186. The van der Waals surface area contributed by atoms with E-state index >= 15 is 0 Å². The number of nitriles is 1. The van der Waals surface area contributed by atoms with Crippen molar-refractivity contribution in [3.05, 3.63) is 83.3 Å². The van der Waals surface area contributed by atoms with E-state index in [2.05, 4.69) is 16.7 Å². The van der Waals surface area contributed by atoms with Crippen LogP contribution in [-0.2, 0) is 17.9 Å². The molecule has 0 atom stereocenters. The van der Waals surface area contributed by atoms with Gasteiger partial charge in [0, 0.05) is 25.3 Å². The first-order valence-corrected chi connectivity index (χ1v) is 10.2. The van der Waals surface area contributed by atoms with Gasteiger partial charge in [0.15, 0.2) is 5.76 Å². The number of piperazine rings is 1. The highest BCUT2D eigenvalue weighted by Crippen LogP contribution is 2.19. The second-order valence-corrected chi connectivity index (χ2v) is 7.28. The Kier molecular flexibility index (Phi) is 6.37. The highest BCUT2D eigenvalue weighted by molar-refractivity contribution is 5.91. The van der Waals surface area contributed by atoms with E-state index in [-0.39, 0.29) is 24.2 Å². The van der Waals surface area contributed by atoms with E-state index in [0.29, 0.717) is 36.7 Å². The van der Waals surface area contributed by atoms with E-state index in [1.807, 2.05) is 29.2 Å². The van der Waals surface area contributed by atoms with Gasteiger partial charge in [-0.05, 0) is 42.0 Å². The summed E-state index contributed by atoms with van der Waals surface area (Å²) in [5.74, 6) is 0.826. The molecule has 0 aliphatic carbocycles. The predicted octanol–water partition coefficient (Wildman–Crippen LogP) is 2.60. The maximum absolute atomic E-state index is 12.4. The predicted molar refractivity (Wildman–Crippen MR) is 117 cm³/mol. The lowest BCUT2D eigenvalue weighted by molar-refractivity contribution is -0.120. The number of ether oxygens (including phenoxy) is 1. The Morgan fingerprint density at radius 3 is 2.75 bits per heavy atom. The first-order chi connectivity index (χ1) is 15.6. The molecule has 8 nitrogen and oxygen atoms in total. The number of para-hydroxylation sites is 1. The largest absolute Gasteiger partial charge is 0.484 e. The monoisotopic (exact) mass is 430 g/mol. The van der Waals surface area contributed by atoms with Crippen LogP contribution >= 0.6 is 0 Å². The third-order valence-electron chi connectivity index (χ3n) is 5.06. The molecule has 1 fully saturated rings. The van der Waals surface area contributed by atoms with E-state index in [0.717, 1.165) is 17.8 Å². The number of carbonyl (C=O) groups excluding carboxylic acids is 2. The van der Waals surface area contributed by atoms with Gasteiger partial charge in [-0.3, -0.25) is 9.59 Å². The van der Waals surface area contributed by atoms with Crippen molar-refractivity contribution in [2.75, 3.05) is 24.5 Å². The number of furan rings is 1. The molecule has 2 N–H and O–H groups in total. The quantitative estimate of drug-likeness (QED) is 0.597. The SMILES string of the molecule is N#Cc1ccccc1OCc1ccc(C(=O)NCc2ccc(N3CCNC(=O)C3)cc2)o1. The number of anilines is 1. The third-order valence-corrected chi connectivity index (χ3v) is 5.06. The molecule has 8 heteroatoms. The topological polar surface area (TPSA) is 108 Å². The molecule has 2 amide bonds. The van der Waals surface area contributed by atoms with Gasteiger partial charge < -0.3 is 24.7 Å². The summed E-state index contributed by atoms with van der Waals surface area (Å²) in [5, 5.41) is 14.8. The molecule has 0 radical (unpaired) electrons.